The summed E-state index contributed by atoms with van der Waals surface area (Å²) in [5.74, 6) is 1.04. The number of piperazine rings is 1. The van der Waals surface area contributed by atoms with Gasteiger partial charge in [0.2, 0.25) is 0 Å². The fraction of sp³-hybridized carbons (Fsp3) is 0.190. The Balaban J connectivity index is 1.50. The van der Waals surface area contributed by atoms with Gasteiger partial charge in [-0.15, -0.1) is 0 Å². The SMILES string of the molecule is Fc1ccc(Oc2ccc(-c3cc(N4CCNCC4)ccn3)cc2)cc1. The van der Waals surface area contributed by atoms with Gasteiger partial charge >= 0.3 is 0 Å². The molecule has 0 saturated carbocycles. The van der Waals surface area contributed by atoms with Crippen LogP contribution in [0.15, 0.2) is 66.9 Å². The number of ether oxygens (including phenoxy) is 1. The normalized spacial score (nSPS) is 14.3. The summed E-state index contributed by atoms with van der Waals surface area (Å²) in [5, 5.41) is 3.37. The maximum atomic E-state index is 13.0. The quantitative estimate of drug-likeness (QED) is 0.770. The molecule has 1 aromatic heterocycles. The standard InChI is InChI=1S/C21H20FN3O/c22-17-3-7-20(8-4-17)26-19-5-1-16(2-6-19)21-15-18(9-10-24-21)25-13-11-23-12-14-25/h1-10,15,23H,11-14H2. The molecular weight excluding hydrogens is 329 g/mol. The lowest BCUT2D eigenvalue weighted by Gasteiger charge is -2.29. The Labute approximate surface area is 152 Å². The van der Waals surface area contributed by atoms with Crippen molar-refractivity contribution in [1.29, 1.82) is 0 Å². The van der Waals surface area contributed by atoms with Crippen LogP contribution in [0, 0.1) is 5.82 Å². The van der Waals surface area contributed by atoms with E-state index >= 15 is 0 Å². The first-order valence-electron chi connectivity index (χ1n) is 8.73. The number of nitrogens with zero attached hydrogens (tertiary/aromatic N) is 2. The second-order valence-corrected chi connectivity index (χ2v) is 6.22. The molecule has 1 aliphatic heterocycles. The molecule has 1 fully saturated rings. The highest BCUT2D eigenvalue weighted by molar-refractivity contribution is 5.65. The van der Waals surface area contributed by atoms with E-state index < -0.39 is 0 Å². The summed E-state index contributed by atoms with van der Waals surface area (Å²) in [6, 6.07) is 18.0. The lowest BCUT2D eigenvalue weighted by molar-refractivity contribution is 0.480. The minimum Gasteiger partial charge on any atom is -0.457 e. The van der Waals surface area contributed by atoms with Crippen molar-refractivity contribution in [3.05, 3.63) is 72.7 Å². The summed E-state index contributed by atoms with van der Waals surface area (Å²) in [4.78, 5) is 6.87. The molecule has 26 heavy (non-hydrogen) atoms. The van der Waals surface area contributed by atoms with Crippen LogP contribution in [-0.4, -0.2) is 31.2 Å². The van der Waals surface area contributed by atoms with Crippen molar-refractivity contribution in [2.24, 2.45) is 0 Å². The molecule has 4 nitrogen and oxygen atoms in total. The van der Waals surface area contributed by atoms with Gasteiger partial charge in [-0.2, -0.15) is 0 Å². The lowest BCUT2D eigenvalue weighted by Crippen LogP contribution is -2.43. The van der Waals surface area contributed by atoms with Gasteiger partial charge in [0.1, 0.15) is 17.3 Å². The first kappa shape index (κ1) is 16.5. The molecule has 0 radical (unpaired) electrons. The fourth-order valence-corrected chi connectivity index (χ4v) is 3.03. The zero-order chi connectivity index (χ0) is 17.8. The third-order valence-corrected chi connectivity index (χ3v) is 4.43. The van der Waals surface area contributed by atoms with E-state index in [9.17, 15) is 4.39 Å². The van der Waals surface area contributed by atoms with E-state index in [1.165, 1.54) is 17.8 Å². The van der Waals surface area contributed by atoms with Crippen LogP contribution in [0.5, 0.6) is 11.5 Å². The number of anilines is 1. The van der Waals surface area contributed by atoms with E-state index in [0.29, 0.717) is 11.5 Å². The molecule has 1 saturated heterocycles. The van der Waals surface area contributed by atoms with Gasteiger partial charge in [-0.25, -0.2) is 4.39 Å². The van der Waals surface area contributed by atoms with Gasteiger partial charge in [0, 0.05) is 43.6 Å². The summed E-state index contributed by atoms with van der Waals surface area (Å²) in [6.45, 7) is 4.03. The maximum Gasteiger partial charge on any atom is 0.127 e. The number of hydrogen-bond acceptors (Lipinski definition) is 4. The van der Waals surface area contributed by atoms with Crippen molar-refractivity contribution in [3.8, 4) is 22.8 Å². The summed E-state index contributed by atoms with van der Waals surface area (Å²) >= 11 is 0. The average molecular weight is 349 g/mol. The Morgan fingerprint density at radius 1 is 0.885 bits per heavy atom. The van der Waals surface area contributed by atoms with Crippen LogP contribution in [-0.2, 0) is 0 Å². The van der Waals surface area contributed by atoms with Gasteiger partial charge in [0.15, 0.2) is 0 Å². The number of halogens is 1. The zero-order valence-corrected chi connectivity index (χ0v) is 14.4. The maximum absolute atomic E-state index is 13.0. The van der Waals surface area contributed by atoms with Gasteiger partial charge in [0.05, 0.1) is 5.69 Å². The van der Waals surface area contributed by atoms with Crippen molar-refractivity contribution < 1.29 is 9.13 Å². The van der Waals surface area contributed by atoms with Crippen LogP contribution in [0.25, 0.3) is 11.3 Å². The molecule has 4 rings (SSSR count). The van der Waals surface area contributed by atoms with Crippen LogP contribution < -0.4 is 15.0 Å². The molecule has 0 spiro atoms. The first-order chi connectivity index (χ1) is 12.8. The van der Waals surface area contributed by atoms with Crippen molar-refractivity contribution in [3.63, 3.8) is 0 Å². The van der Waals surface area contributed by atoms with E-state index in [4.69, 9.17) is 4.74 Å². The van der Waals surface area contributed by atoms with Crippen LogP contribution in [0.3, 0.4) is 0 Å². The predicted octanol–water partition coefficient (Wildman–Crippen LogP) is 4.09. The summed E-state index contributed by atoms with van der Waals surface area (Å²) < 4.78 is 18.7. The molecule has 0 aliphatic carbocycles. The van der Waals surface area contributed by atoms with Crippen LogP contribution in [0.4, 0.5) is 10.1 Å². The highest BCUT2D eigenvalue weighted by atomic mass is 19.1. The Hall–Kier alpha value is -2.92. The van der Waals surface area contributed by atoms with Gasteiger partial charge in [-0.3, -0.25) is 4.98 Å². The Bertz CT molecular complexity index is 859. The minimum absolute atomic E-state index is 0.275. The summed E-state index contributed by atoms with van der Waals surface area (Å²) in [7, 11) is 0. The number of rotatable bonds is 4. The third-order valence-electron chi connectivity index (χ3n) is 4.43. The van der Waals surface area contributed by atoms with Gasteiger partial charge in [-0.1, -0.05) is 0 Å². The molecule has 0 atom stereocenters. The number of pyridine rings is 1. The number of aromatic nitrogens is 1. The van der Waals surface area contributed by atoms with Gasteiger partial charge < -0.3 is 15.0 Å². The second-order valence-electron chi connectivity index (χ2n) is 6.22. The van der Waals surface area contributed by atoms with E-state index in [0.717, 1.165) is 37.4 Å². The average Bonchev–Trinajstić information content (AvgIpc) is 2.71. The molecule has 0 amide bonds. The molecule has 1 aliphatic rings. The molecule has 5 heteroatoms. The Morgan fingerprint density at radius 3 is 2.23 bits per heavy atom. The lowest BCUT2D eigenvalue weighted by atomic mass is 10.1. The molecular formula is C21H20FN3O. The Morgan fingerprint density at radius 2 is 1.54 bits per heavy atom. The fourth-order valence-electron chi connectivity index (χ4n) is 3.03. The molecule has 132 valence electrons. The van der Waals surface area contributed by atoms with Crippen molar-refractivity contribution >= 4 is 5.69 Å². The van der Waals surface area contributed by atoms with E-state index in [1.54, 1.807) is 12.1 Å². The van der Waals surface area contributed by atoms with Gasteiger partial charge in [-0.05, 0) is 60.7 Å². The monoisotopic (exact) mass is 349 g/mol. The number of benzene rings is 2. The Kier molecular flexibility index (Phi) is 4.80. The van der Waals surface area contributed by atoms with Crippen molar-refractivity contribution in [2.45, 2.75) is 0 Å². The van der Waals surface area contributed by atoms with Crippen LogP contribution in [0.2, 0.25) is 0 Å². The first-order valence-corrected chi connectivity index (χ1v) is 8.73. The molecule has 3 aromatic rings. The topological polar surface area (TPSA) is 37.4 Å². The number of hydrogen-bond donors (Lipinski definition) is 1. The molecule has 0 unspecified atom stereocenters. The smallest absolute Gasteiger partial charge is 0.127 e. The van der Waals surface area contributed by atoms with E-state index in [2.05, 4.69) is 27.3 Å². The van der Waals surface area contributed by atoms with Crippen molar-refractivity contribution in [2.75, 3.05) is 31.1 Å². The minimum atomic E-state index is -0.275. The molecule has 2 aromatic carbocycles. The molecule has 1 N–H and O–H groups in total. The zero-order valence-electron chi connectivity index (χ0n) is 14.4. The summed E-state index contributed by atoms with van der Waals surface area (Å²) in [6.07, 6.45) is 1.86. The summed E-state index contributed by atoms with van der Waals surface area (Å²) in [5.41, 5.74) is 3.17. The van der Waals surface area contributed by atoms with Gasteiger partial charge in [0.25, 0.3) is 0 Å². The van der Waals surface area contributed by atoms with E-state index in [-0.39, 0.29) is 5.82 Å². The predicted molar refractivity (Wildman–Crippen MR) is 101 cm³/mol. The third kappa shape index (κ3) is 3.83. The largest absolute Gasteiger partial charge is 0.457 e. The highest BCUT2D eigenvalue weighted by Crippen LogP contribution is 2.27. The highest BCUT2D eigenvalue weighted by Gasteiger charge is 2.11. The van der Waals surface area contributed by atoms with E-state index in [1.807, 2.05) is 30.5 Å². The van der Waals surface area contributed by atoms with Crippen LogP contribution >= 0.6 is 0 Å². The number of nitrogens with one attached hydrogen (secondary N) is 1. The van der Waals surface area contributed by atoms with Crippen molar-refractivity contribution in [1.82, 2.24) is 10.3 Å². The van der Waals surface area contributed by atoms with Crippen LogP contribution in [0.1, 0.15) is 0 Å². The molecule has 0 bridgehead atoms. The molecule has 2 heterocycles. The second kappa shape index (κ2) is 7.54.